The maximum absolute atomic E-state index is 13.5. The first-order valence-electron chi connectivity index (χ1n) is 11.6. The summed E-state index contributed by atoms with van der Waals surface area (Å²) >= 11 is 0. The number of carbonyl (C=O) groups excluding carboxylic acids is 1. The fraction of sp³-hybridized carbons (Fsp3) is 0.207. The molecule has 7 heteroatoms. The van der Waals surface area contributed by atoms with Crippen molar-refractivity contribution in [3.8, 4) is 0 Å². The van der Waals surface area contributed by atoms with Crippen LogP contribution >= 0.6 is 0 Å². The molecule has 0 unspecified atom stereocenters. The van der Waals surface area contributed by atoms with E-state index in [-0.39, 0.29) is 23.7 Å². The van der Waals surface area contributed by atoms with Crippen LogP contribution < -0.4 is 17.2 Å². The molecule has 1 atom stereocenters. The summed E-state index contributed by atoms with van der Waals surface area (Å²) in [5.41, 5.74) is 10.2. The van der Waals surface area contributed by atoms with E-state index in [1.807, 2.05) is 48.5 Å². The molecule has 0 heterocycles. The normalized spacial score (nSPS) is 11.8. The van der Waals surface area contributed by atoms with E-state index < -0.39 is 5.97 Å². The Bertz CT molecular complexity index is 1090. The first kappa shape index (κ1) is 28.3. The summed E-state index contributed by atoms with van der Waals surface area (Å²) in [5, 5.41) is 3.09. The van der Waals surface area contributed by atoms with Gasteiger partial charge in [0.05, 0.1) is 7.11 Å². The lowest BCUT2D eigenvalue weighted by atomic mass is 9.97. The quantitative estimate of drug-likeness (QED) is 0.198. The number of nitrogens with two attached hydrogens (primary N) is 1. The Kier molecular flexibility index (Phi) is 11.4. The van der Waals surface area contributed by atoms with Gasteiger partial charge in [0, 0.05) is 31.9 Å². The van der Waals surface area contributed by atoms with Gasteiger partial charge in [-0.1, -0.05) is 78.9 Å². The number of ether oxygens (including phenoxy) is 1. The van der Waals surface area contributed by atoms with Gasteiger partial charge in [0.1, 0.15) is 11.5 Å². The number of hydrogen-bond acceptors (Lipinski definition) is 6. The summed E-state index contributed by atoms with van der Waals surface area (Å²) in [6.07, 6.45) is 3.69. The van der Waals surface area contributed by atoms with Crippen molar-refractivity contribution in [2.24, 2.45) is 5.73 Å². The second kappa shape index (κ2) is 14.5. The minimum atomic E-state index is -0.577. The van der Waals surface area contributed by atoms with Crippen LogP contribution in [-0.2, 0) is 9.53 Å². The number of methoxy groups -OCH3 is 1. The Morgan fingerprint density at radius 1 is 1.00 bits per heavy atom. The van der Waals surface area contributed by atoms with Crippen molar-refractivity contribution in [3.63, 3.8) is 0 Å². The summed E-state index contributed by atoms with van der Waals surface area (Å²) in [6, 6.07) is 27.2. The lowest BCUT2D eigenvalue weighted by Crippen LogP contribution is -2.33. The molecule has 0 aliphatic heterocycles. The topological polar surface area (TPSA) is 103 Å². The molecule has 0 bridgehead atoms. The Hall–Kier alpha value is -3.94. The lowest BCUT2D eigenvalue weighted by molar-refractivity contribution is -0.136. The highest BCUT2D eigenvalue weighted by molar-refractivity contribution is 5.87. The third kappa shape index (κ3) is 8.08. The predicted molar refractivity (Wildman–Crippen MR) is 144 cm³/mol. The first-order valence-corrected chi connectivity index (χ1v) is 11.6. The molecule has 6 nitrogen and oxygen atoms in total. The van der Waals surface area contributed by atoms with Gasteiger partial charge in [0.15, 0.2) is 0 Å². The molecule has 0 amide bonds. The number of nitrogens with zero attached hydrogens (tertiary/aromatic N) is 1. The van der Waals surface area contributed by atoms with E-state index in [2.05, 4.69) is 52.2 Å². The molecule has 36 heavy (non-hydrogen) atoms. The van der Waals surface area contributed by atoms with Crippen molar-refractivity contribution in [2.45, 2.75) is 13.0 Å². The van der Waals surface area contributed by atoms with Crippen molar-refractivity contribution in [3.05, 3.63) is 125 Å². The summed E-state index contributed by atoms with van der Waals surface area (Å²) in [4.78, 5) is 13.8. The minimum absolute atomic E-state index is 0. The van der Waals surface area contributed by atoms with E-state index >= 15 is 0 Å². The van der Waals surface area contributed by atoms with Crippen LogP contribution in [0, 0.1) is 5.82 Å². The summed E-state index contributed by atoms with van der Waals surface area (Å²) in [5.74, 6) is -0.833. The lowest BCUT2D eigenvalue weighted by Gasteiger charge is -2.29. The van der Waals surface area contributed by atoms with Crippen molar-refractivity contribution < 1.29 is 13.9 Å². The zero-order valence-corrected chi connectivity index (χ0v) is 20.9. The molecule has 190 valence electrons. The molecule has 6 N–H and O–H groups in total. The van der Waals surface area contributed by atoms with E-state index in [0.29, 0.717) is 19.6 Å². The van der Waals surface area contributed by atoms with Gasteiger partial charge in [-0.3, -0.25) is 4.90 Å². The van der Waals surface area contributed by atoms with Crippen LogP contribution in [0.2, 0.25) is 0 Å². The maximum atomic E-state index is 13.5. The molecule has 0 aliphatic rings. The zero-order valence-electron chi connectivity index (χ0n) is 20.9. The molecular weight excluding hydrogens is 455 g/mol. The number of nitrogens with one attached hydrogen (secondary N) is 1. The Labute approximate surface area is 212 Å². The Morgan fingerprint density at radius 2 is 1.56 bits per heavy atom. The van der Waals surface area contributed by atoms with Crippen molar-refractivity contribution in [1.82, 2.24) is 16.4 Å². The molecule has 0 radical (unpaired) electrons. The van der Waals surface area contributed by atoms with Gasteiger partial charge in [-0.25, -0.2) is 9.18 Å². The molecule has 0 fully saturated rings. The van der Waals surface area contributed by atoms with Crippen molar-refractivity contribution in [2.75, 3.05) is 26.7 Å². The van der Waals surface area contributed by atoms with Gasteiger partial charge >= 0.3 is 5.97 Å². The first-order chi connectivity index (χ1) is 17.0. The fourth-order valence-corrected chi connectivity index (χ4v) is 3.81. The van der Waals surface area contributed by atoms with Crippen LogP contribution in [0.15, 0.2) is 103 Å². The highest BCUT2D eigenvalue weighted by Gasteiger charge is 2.16. The third-order valence-corrected chi connectivity index (χ3v) is 5.82. The van der Waals surface area contributed by atoms with Gasteiger partial charge < -0.3 is 21.9 Å². The number of rotatable bonds is 11. The van der Waals surface area contributed by atoms with Gasteiger partial charge in [0.25, 0.3) is 0 Å². The van der Waals surface area contributed by atoms with Crippen LogP contribution in [0.1, 0.15) is 29.7 Å². The smallest absolute Gasteiger partial charge is 0.355 e. The largest absolute Gasteiger partial charge is 0.464 e. The van der Waals surface area contributed by atoms with E-state index in [0.717, 1.165) is 22.3 Å². The van der Waals surface area contributed by atoms with Gasteiger partial charge in [-0.2, -0.15) is 0 Å². The second-order valence-electron chi connectivity index (χ2n) is 8.12. The SMILES string of the molecule is COC(=O)/C(N)=C/NCCN(CC=C(c1ccccc1)c1ccccc1)[C@H](C)c1ccc(F)cc1.N. The fourth-order valence-electron chi connectivity index (χ4n) is 3.81. The molecule has 3 rings (SSSR count). The van der Waals surface area contributed by atoms with E-state index in [1.165, 1.54) is 25.4 Å². The minimum Gasteiger partial charge on any atom is -0.464 e. The van der Waals surface area contributed by atoms with E-state index in [9.17, 15) is 9.18 Å². The average Bonchev–Trinajstić information content (AvgIpc) is 2.90. The molecule has 3 aromatic carbocycles. The highest BCUT2D eigenvalue weighted by Crippen LogP contribution is 2.25. The number of halogens is 1. The number of hydrogen-bond donors (Lipinski definition) is 3. The van der Waals surface area contributed by atoms with Crippen LogP contribution in [0.5, 0.6) is 0 Å². The Balaban J connectivity index is 0.00000456. The number of esters is 1. The summed E-state index contributed by atoms with van der Waals surface area (Å²) in [7, 11) is 1.29. The molecule has 0 aromatic heterocycles. The highest BCUT2D eigenvalue weighted by atomic mass is 19.1. The number of benzene rings is 3. The molecule has 0 spiro atoms. The van der Waals surface area contributed by atoms with E-state index in [1.54, 1.807) is 0 Å². The standard InChI is InChI=1S/C29H32FN3O2.H3N/c1-22(23-13-15-26(30)16-14-23)33(20-18-32-21-28(31)29(34)35-2)19-17-27(24-9-5-3-6-10-24)25-11-7-4-8-12-25;/h3-17,21-22,32H,18-20,31H2,1-2H3;1H3/b28-21-;/t22-;/m1./s1. The molecular formula is C29H35FN4O2. The van der Waals surface area contributed by atoms with Gasteiger partial charge in [-0.05, 0) is 41.3 Å². The summed E-state index contributed by atoms with van der Waals surface area (Å²) < 4.78 is 18.1. The van der Waals surface area contributed by atoms with Crippen LogP contribution in [0.3, 0.4) is 0 Å². The average molecular weight is 491 g/mol. The molecule has 3 aromatic rings. The van der Waals surface area contributed by atoms with Crippen LogP contribution in [0.4, 0.5) is 4.39 Å². The van der Waals surface area contributed by atoms with Crippen LogP contribution in [0.25, 0.3) is 5.57 Å². The summed E-state index contributed by atoms with van der Waals surface area (Å²) in [6.45, 7) is 3.99. The third-order valence-electron chi connectivity index (χ3n) is 5.82. The van der Waals surface area contributed by atoms with Crippen molar-refractivity contribution >= 4 is 11.5 Å². The van der Waals surface area contributed by atoms with Crippen molar-refractivity contribution in [1.29, 1.82) is 0 Å². The molecule has 0 saturated carbocycles. The monoisotopic (exact) mass is 490 g/mol. The predicted octanol–water partition coefficient (Wildman–Crippen LogP) is 5.05. The van der Waals surface area contributed by atoms with Gasteiger partial charge in [-0.15, -0.1) is 0 Å². The Morgan fingerprint density at radius 3 is 2.08 bits per heavy atom. The number of carbonyl (C=O) groups is 1. The van der Waals surface area contributed by atoms with Crippen LogP contribution in [-0.4, -0.2) is 37.6 Å². The molecule has 0 saturated heterocycles. The zero-order chi connectivity index (χ0) is 25.0. The maximum Gasteiger partial charge on any atom is 0.355 e. The second-order valence-corrected chi connectivity index (χ2v) is 8.12. The van der Waals surface area contributed by atoms with Gasteiger partial charge in [0.2, 0.25) is 0 Å². The van der Waals surface area contributed by atoms with E-state index in [4.69, 9.17) is 5.73 Å². The molecule has 0 aliphatic carbocycles.